The summed E-state index contributed by atoms with van der Waals surface area (Å²) in [7, 11) is 3.42. The number of rotatable bonds is 0. The van der Waals surface area contributed by atoms with Gasteiger partial charge in [-0.25, -0.2) is 79.0 Å². The van der Waals surface area contributed by atoms with E-state index in [1.807, 2.05) is 9.80 Å². The van der Waals surface area contributed by atoms with Gasteiger partial charge in [0.1, 0.15) is 0 Å². The molecule has 24 aliphatic carbocycles. The molecular weight excluding hydrogens is 1160 g/mol. The van der Waals surface area contributed by atoms with Crippen molar-refractivity contribution in [2.24, 2.45) is 0 Å². The lowest BCUT2D eigenvalue weighted by atomic mass is 9.34. The van der Waals surface area contributed by atoms with Crippen LogP contribution < -0.4 is 0 Å². The molecule has 26 aliphatic rings. The zero-order valence-corrected chi connectivity index (χ0v) is 42.5. The third-order valence-corrected chi connectivity index (χ3v) is 32.8. The van der Waals surface area contributed by atoms with Gasteiger partial charge in [0.05, 0.1) is 0 Å². The summed E-state index contributed by atoms with van der Waals surface area (Å²) in [5.41, 5.74) is -148. The van der Waals surface area contributed by atoms with Crippen molar-refractivity contribution in [2.75, 3.05) is 40.3 Å². The van der Waals surface area contributed by atoms with E-state index in [1.165, 1.54) is 0 Å². The molecule has 20 heteroatoms. The average molecular weight is 1180 g/mol. The van der Waals surface area contributed by atoms with Crippen LogP contribution in [0.5, 0.6) is 0 Å². The molecule has 0 saturated carbocycles. The first-order valence-corrected chi connectivity index (χ1v) is 29.5. The van der Waals surface area contributed by atoms with Crippen molar-refractivity contribution in [1.29, 1.82) is 0 Å². The van der Waals surface area contributed by atoms with E-state index in [1.54, 1.807) is 14.1 Å². The van der Waals surface area contributed by atoms with Crippen LogP contribution in [0, 0.1) is 0 Å². The molecule has 2 aliphatic heterocycles. The summed E-state index contributed by atoms with van der Waals surface area (Å²) >= 11 is 0. The molecule has 2 heterocycles. The number of likely N-dealkylation sites (tertiary alicyclic amines) is 2. The predicted molar refractivity (Wildman–Crippen MR) is 255 cm³/mol. The SMILES string of the molecule is CN1CC23c4c5c6c7c8c9c%10c%11c(c2c2c%12c%13c%14c%15c%16c%17c%13c%13c(c%12%11)C%10(F)C%10(F)C%11(F)c%12c%18c%19c%20c%21c%12C%10(F)C%13(F)C%17(F)C%21(F)C%10(F)C%16(F)c%12c-%15c%13c%15c(c-5c5c%16c%15c%12C(F)(C%16(F)C%19(F)C(F)(C56F)C%18(F)C7(F)C9%11F)C%20%10F)C3(C1)C%131CN(C)CC%1421)c48. The molecule has 86 heavy (non-hydrogen) atoms. The lowest BCUT2D eigenvalue weighted by Gasteiger charge is -2.67. The van der Waals surface area contributed by atoms with Gasteiger partial charge in [-0.3, -0.25) is 0 Å². The zero-order valence-electron chi connectivity index (χ0n) is 42.5. The Balaban J connectivity index is 1.09. The summed E-state index contributed by atoms with van der Waals surface area (Å²) in [5, 5.41) is -5.36. The first-order valence-electron chi connectivity index (χ1n) is 29.5. The quantitative estimate of drug-likeness (QED) is 0.110. The van der Waals surface area contributed by atoms with E-state index in [0.717, 1.165) is 0 Å². The fourth-order valence-electron chi connectivity index (χ4n) is 33.2. The van der Waals surface area contributed by atoms with E-state index >= 15 is 79.0 Å². The molecule has 2 nitrogen and oxygen atoms in total. The molecule has 20 unspecified atom stereocenters. The van der Waals surface area contributed by atoms with Crippen molar-refractivity contribution in [1.82, 2.24) is 9.80 Å². The maximum Gasteiger partial charge on any atom is 0.236 e. The Bertz CT molecular complexity index is 5900. The molecule has 414 valence electrons. The molecule has 0 amide bonds. The fourth-order valence-corrected chi connectivity index (χ4v) is 33.2. The predicted octanol–water partition coefficient (Wildman–Crippen LogP) is 12.3. The Labute approximate surface area is 461 Å². The Morgan fingerprint density at radius 3 is 0.733 bits per heavy atom. The number of hydrogen-bond acceptors (Lipinski definition) is 2. The monoisotopic (exact) mass is 1180 g/mol. The molecule has 4 spiro atoms. The van der Waals surface area contributed by atoms with Gasteiger partial charge >= 0.3 is 0 Å². The highest BCUT2D eigenvalue weighted by atomic mass is 19.2. The maximum absolute atomic E-state index is 22.1. The Kier molecular flexibility index (Phi) is 3.51. The smallest absolute Gasteiger partial charge is 0.236 e. The van der Waals surface area contributed by atoms with Crippen molar-refractivity contribution < 1.29 is 79.0 Å². The van der Waals surface area contributed by atoms with E-state index < -0.39 is 273 Å². The molecule has 8 aromatic carbocycles. The number of halogens is 18. The van der Waals surface area contributed by atoms with E-state index in [0.29, 0.717) is 0 Å². The highest BCUT2D eigenvalue weighted by Gasteiger charge is 3.19. The third kappa shape index (κ3) is 1.65. The van der Waals surface area contributed by atoms with Gasteiger partial charge in [0.2, 0.25) is 102 Å². The summed E-state index contributed by atoms with van der Waals surface area (Å²) in [6, 6.07) is 0. The van der Waals surface area contributed by atoms with Crippen LogP contribution in [0.4, 0.5) is 79.0 Å². The van der Waals surface area contributed by atoms with E-state index in [9.17, 15) is 0 Å². The number of hydrogen-bond donors (Lipinski definition) is 0. The number of nitrogens with zero attached hydrogens (tertiary/aromatic N) is 2. The number of alkyl halides is 18. The largest absolute Gasteiger partial charge is 0.304 e. The summed E-state index contributed by atoms with van der Waals surface area (Å²) in [6.45, 7) is -0.808. The second-order valence-electron chi connectivity index (χ2n) is 32.1. The van der Waals surface area contributed by atoms with Crippen molar-refractivity contribution in [3.05, 3.63) is 134 Å². The lowest BCUT2D eigenvalue weighted by Crippen LogP contribution is -2.85. The van der Waals surface area contributed by atoms with Gasteiger partial charge in [0.25, 0.3) is 0 Å². The highest BCUT2D eigenvalue weighted by Crippen LogP contribution is 3.08. The molecule has 2 saturated heterocycles. The van der Waals surface area contributed by atoms with Crippen LogP contribution in [0.25, 0.3) is 76.1 Å². The summed E-state index contributed by atoms with van der Waals surface area (Å²) < 4.78 is 396. The third-order valence-electron chi connectivity index (χ3n) is 32.8. The molecule has 8 aromatic rings. The molecule has 34 rings (SSSR count). The van der Waals surface area contributed by atoms with Crippen LogP contribution in [0.3, 0.4) is 0 Å². The molecule has 0 N–H and O–H groups in total. The highest BCUT2D eigenvalue weighted by molar-refractivity contribution is 6.40. The van der Waals surface area contributed by atoms with Gasteiger partial charge in [0, 0.05) is 148 Å². The Morgan fingerprint density at radius 2 is 0.430 bits per heavy atom. The minimum absolute atomic E-state index is 0.0469. The average Bonchev–Trinajstić information content (AvgIpc) is 1.34. The Hall–Kier alpha value is -6.28. The maximum atomic E-state index is 22.1. The van der Waals surface area contributed by atoms with E-state index in [-0.39, 0.29) is 86.5 Å². The number of benzene rings is 8. The standard InChI is InChI=1S/C66H14F18N2/c1-85-3-45-21-11-7-9-10-8-12-14-34-28(10)49(67)27(9)33-13(11)35-29-15(21)18-23-17-20-37-31(18)50(29,68)65(83)60(78)41-39-40-42-44-43(41)62(65,80)56(37,74)57(75)38(20)32-19-16(22(12)46(26(8)25(7)45)4-86(2)6-48(46,24(17)19)47(23,45)5-85)30-36(14)55(73,61(42,79)66(84,51(30,32)69)63(44,57)81)53(34,71)59(40,77)64(49,82)58(39,76)52(33,70)54(35,60)72/h3-6H2,1-2H3. The molecule has 0 bridgehead atoms. The topological polar surface area (TPSA) is 6.48 Å². The van der Waals surface area contributed by atoms with Crippen molar-refractivity contribution >= 4 is 53.9 Å². The first-order chi connectivity index (χ1) is 40.4. The van der Waals surface area contributed by atoms with Crippen molar-refractivity contribution in [3.8, 4) is 22.3 Å². The lowest BCUT2D eigenvalue weighted by molar-refractivity contribution is -0.378. The second-order valence-corrected chi connectivity index (χ2v) is 32.1. The Morgan fingerprint density at radius 1 is 0.209 bits per heavy atom. The van der Waals surface area contributed by atoms with Crippen LogP contribution >= 0.6 is 0 Å². The van der Waals surface area contributed by atoms with Crippen LogP contribution in [0.2, 0.25) is 0 Å². The molecule has 0 radical (unpaired) electrons. The van der Waals surface area contributed by atoms with Crippen LogP contribution in [-0.4, -0.2) is 67.1 Å². The van der Waals surface area contributed by atoms with Gasteiger partial charge < -0.3 is 9.80 Å². The summed E-state index contributed by atoms with van der Waals surface area (Å²) in [6.07, 6.45) is 0. The number of likely N-dealkylation sites (N-methyl/N-ethyl adjacent to an activating group) is 2. The summed E-state index contributed by atoms with van der Waals surface area (Å²) in [4.78, 5) is 3.75. The molecule has 0 aromatic heterocycles. The fraction of sp³-hybridized carbons (Fsp3) is 0.424. The molecular formula is C66H14F18N2. The first kappa shape index (κ1) is 39.6. The molecule has 20 atom stereocenters. The van der Waals surface area contributed by atoms with Crippen LogP contribution in [-0.2, 0) is 107 Å². The molecule has 2 fully saturated rings. The van der Waals surface area contributed by atoms with Crippen molar-refractivity contribution in [2.45, 2.75) is 124 Å². The van der Waals surface area contributed by atoms with E-state index in [4.69, 9.17) is 0 Å². The van der Waals surface area contributed by atoms with Gasteiger partial charge in [-0.15, -0.1) is 0 Å². The second kappa shape index (κ2) is 7.63. The van der Waals surface area contributed by atoms with Gasteiger partial charge in [-0.1, -0.05) is 0 Å². The van der Waals surface area contributed by atoms with E-state index in [2.05, 4.69) is 0 Å². The normalized spacial score (nSPS) is 60.1. The van der Waals surface area contributed by atoms with Gasteiger partial charge in [0.15, 0.2) is 0 Å². The van der Waals surface area contributed by atoms with Gasteiger partial charge in [-0.05, 0) is 124 Å². The zero-order chi connectivity index (χ0) is 56.9. The minimum atomic E-state index is -6.10. The van der Waals surface area contributed by atoms with Gasteiger partial charge in [-0.2, -0.15) is 0 Å². The summed E-state index contributed by atoms with van der Waals surface area (Å²) in [5.74, 6) is 0. The minimum Gasteiger partial charge on any atom is -0.304 e. The van der Waals surface area contributed by atoms with Crippen LogP contribution in [0.15, 0.2) is 0 Å². The van der Waals surface area contributed by atoms with Crippen molar-refractivity contribution in [3.63, 3.8) is 0 Å². The van der Waals surface area contributed by atoms with Crippen LogP contribution in [0.1, 0.15) is 134 Å².